The molecule has 144 valence electrons. The van der Waals surface area contributed by atoms with Crippen LogP contribution in [0.5, 0.6) is 0 Å². The van der Waals surface area contributed by atoms with Crippen LogP contribution in [0.25, 0.3) is 11.3 Å². The number of aryl methyl sites for hydroxylation is 1. The second-order valence-corrected chi connectivity index (χ2v) is 6.61. The topological polar surface area (TPSA) is 84.2 Å². The number of carbonyl (C=O) groups is 2. The molecule has 0 atom stereocenters. The summed E-state index contributed by atoms with van der Waals surface area (Å²) < 4.78 is 5.25. The van der Waals surface area contributed by atoms with E-state index in [1.807, 2.05) is 6.92 Å². The molecule has 2 N–H and O–H groups in total. The Morgan fingerprint density at radius 1 is 1.07 bits per heavy atom. The number of amides is 2. The van der Waals surface area contributed by atoms with E-state index >= 15 is 0 Å². The fraction of sp³-hybridized carbons (Fsp3) is 0.190. The van der Waals surface area contributed by atoms with Gasteiger partial charge in [0.2, 0.25) is 0 Å². The third-order valence-electron chi connectivity index (χ3n) is 4.17. The lowest BCUT2D eigenvalue weighted by Crippen LogP contribution is -2.26. The quantitative estimate of drug-likeness (QED) is 0.631. The van der Waals surface area contributed by atoms with Gasteiger partial charge in [-0.1, -0.05) is 54.0 Å². The van der Waals surface area contributed by atoms with E-state index in [9.17, 15) is 9.59 Å². The van der Waals surface area contributed by atoms with Crippen molar-refractivity contribution in [1.82, 2.24) is 10.5 Å². The fourth-order valence-corrected chi connectivity index (χ4v) is 3.01. The zero-order chi connectivity index (χ0) is 20.1. The molecule has 7 heteroatoms. The standard InChI is InChI=1S/C21H20ClN3O3/c1-3-12-23-20(26)15-9-5-7-11-17(15)24-21(27)18-13(2)28-25-19(18)14-8-4-6-10-16(14)22/h4-11H,3,12H2,1-2H3,(H,23,26)(H,24,27). The lowest BCUT2D eigenvalue weighted by molar-refractivity contribution is 0.0954. The van der Waals surface area contributed by atoms with Gasteiger partial charge in [0.15, 0.2) is 0 Å². The van der Waals surface area contributed by atoms with Crippen molar-refractivity contribution in [3.63, 3.8) is 0 Å². The molecule has 0 bridgehead atoms. The minimum atomic E-state index is -0.426. The van der Waals surface area contributed by atoms with Gasteiger partial charge in [-0.3, -0.25) is 9.59 Å². The first-order valence-corrected chi connectivity index (χ1v) is 9.30. The highest BCUT2D eigenvalue weighted by Gasteiger charge is 2.24. The summed E-state index contributed by atoms with van der Waals surface area (Å²) in [5.41, 5.74) is 2.02. The molecule has 2 aromatic carbocycles. The maximum atomic E-state index is 13.0. The van der Waals surface area contributed by atoms with Crippen LogP contribution in [0.1, 0.15) is 39.8 Å². The van der Waals surface area contributed by atoms with Crippen molar-refractivity contribution in [2.24, 2.45) is 0 Å². The zero-order valence-electron chi connectivity index (χ0n) is 15.6. The molecule has 0 aliphatic rings. The Morgan fingerprint density at radius 3 is 2.54 bits per heavy atom. The van der Waals surface area contributed by atoms with Crippen LogP contribution in [0, 0.1) is 6.92 Å². The predicted molar refractivity (Wildman–Crippen MR) is 109 cm³/mol. The molecule has 3 rings (SSSR count). The van der Waals surface area contributed by atoms with E-state index in [1.54, 1.807) is 55.5 Å². The smallest absolute Gasteiger partial charge is 0.261 e. The minimum Gasteiger partial charge on any atom is -0.360 e. The number of carbonyl (C=O) groups excluding carboxylic acids is 2. The molecule has 0 radical (unpaired) electrons. The molecule has 0 saturated heterocycles. The molecule has 3 aromatic rings. The molecule has 0 unspecified atom stereocenters. The third-order valence-corrected chi connectivity index (χ3v) is 4.50. The summed E-state index contributed by atoms with van der Waals surface area (Å²) in [6.45, 7) is 4.18. The molecule has 0 spiro atoms. The second-order valence-electron chi connectivity index (χ2n) is 6.20. The summed E-state index contributed by atoms with van der Waals surface area (Å²) in [6, 6.07) is 13.9. The molecule has 0 aliphatic heterocycles. The van der Waals surface area contributed by atoms with Crippen molar-refractivity contribution in [2.45, 2.75) is 20.3 Å². The highest BCUT2D eigenvalue weighted by Crippen LogP contribution is 2.31. The van der Waals surface area contributed by atoms with E-state index in [0.29, 0.717) is 39.8 Å². The van der Waals surface area contributed by atoms with Crippen molar-refractivity contribution in [3.05, 3.63) is 70.4 Å². The number of para-hydroxylation sites is 1. The van der Waals surface area contributed by atoms with Crippen LogP contribution >= 0.6 is 11.6 Å². The molecule has 2 amide bonds. The Labute approximate surface area is 167 Å². The summed E-state index contributed by atoms with van der Waals surface area (Å²) in [6.07, 6.45) is 0.821. The summed E-state index contributed by atoms with van der Waals surface area (Å²) >= 11 is 6.25. The van der Waals surface area contributed by atoms with E-state index in [1.165, 1.54) is 0 Å². The van der Waals surface area contributed by atoms with Crippen molar-refractivity contribution in [3.8, 4) is 11.3 Å². The number of benzene rings is 2. The van der Waals surface area contributed by atoms with Crippen LogP contribution in [0.15, 0.2) is 53.1 Å². The lowest BCUT2D eigenvalue weighted by Gasteiger charge is -2.11. The van der Waals surface area contributed by atoms with Gasteiger partial charge in [0, 0.05) is 12.1 Å². The summed E-state index contributed by atoms with van der Waals surface area (Å²) in [4.78, 5) is 25.4. The van der Waals surface area contributed by atoms with E-state index in [-0.39, 0.29) is 11.5 Å². The largest absolute Gasteiger partial charge is 0.360 e. The third kappa shape index (κ3) is 4.07. The van der Waals surface area contributed by atoms with Crippen LogP contribution in [-0.4, -0.2) is 23.5 Å². The maximum Gasteiger partial charge on any atom is 0.261 e. The summed E-state index contributed by atoms with van der Waals surface area (Å²) in [5.74, 6) is -0.309. The first kappa shape index (κ1) is 19.6. The van der Waals surface area contributed by atoms with Crippen LogP contribution in [-0.2, 0) is 0 Å². The van der Waals surface area contributed by atoms with E-state index in [2.05, 4.69) is 15.8 Å². The number of halogens is 1. The Kier molecular flexibility index (Phi) is 6.11. The highest BCUT2D eigenvalue weighted by atomic mass is 35.5. The van der Waals surface area contributed by atoms with Crippen LogP contribution in [0.4, 0.5) is 5.69 Å². The highest BCUT2D eigenvalue weighted by molar-refractivity contribution is 6.33. The van der Waals surface area contributed by atoms with Gasteiger partial charge in [0.1, 0.15) is 17.0 Å². The number of hydrogen-bond acceptors (Lipinski definition) is 4. The number of nitrogens with zero attached hydrogens (tertiary/aromatic N) is 1. The Morgan fingerprint density at radius 2 is 1.79 bits per heavy atom. The first-order valence-electron chi connectivity index (χ1n) is 8.92. The molecule has 0 aliphatic carbocycles. The van der Waals surface area contributed by atoms with E-state index in [0.717, 1.165) is 6.42 Å². The molecular weight excluding hydrogens is 378 g/mol. The number of aromatic nitrogens is 1. The molecule has 28 heavy (non-hydrogen) atoms. The minimum absolute atomic E-state index is 0.244. The first-order chi connectivity index (χ1) is 13.5. The maximum absolute atomic E-state index is 13.0. The van der Waals surface area contributed by atoms with Crippen molar-refractivity contribution in [1.29, 1.82) is 0 Å². The normalized spacial score (nSPS) is 10.5. The monoisotopic (exact) mass is 397 g/mol. The zero-order valence-corrected chi connectivity index (χ0v) is 16.3. The van der Waals surface area contributed by atoms with Crippen molar-refractivity contribution >= 4 is 29.1 Å². The van der Waals surface area contributed by atoms with Gasteiger partial charge in [-0.15, -0.1) is 0 Å². The second kappa shape index (κ2) is 8.71. The van der Waals surface area contributed by atoms with Crippen LogP contribution in [0.2, 0.25) is 5.02 Å². The van der Waals surface area contributed by atoms with Gasteiger partial charge < -0.3 is 15.2 Å². The number of hydrogen-bond donors (Lipinski definition) is 2. The van der Waals surface area contributed by atoms with Crippen molar-refractivity contribution < 1.29 is 14.1 Å². The van der Waals surface area contributed by atoms with Gasteiger partial charge in [-0.05, 0) is 31.5 Å². The molecule has 1 aromatic heterocycles. The molecule has 6 nitrogen and oxygen atoms in total. The number of rotatable bonds is 6. The molecular formula is C21H20ClN3O3. The summed E-state index contributed by atoms with van der Waals surface area (Å²) in [7, 11) is 0. The van der Waals surface area contributed by atoms with Gasteiger partial charge in [-0.25, -0.2) is 0 Å². The Hall–Kier alpha value is -3.12. The van der Waals surface area contributed by atoms with E-state index < -0.39 is 5.91 Å². The SMILES string of the molecule is CCCNC(=O)c1ccccc1NC(=O)c1c(-c2ccccc2Cl)noc1C. The average molecular weight is 398 g/mol. The van der Waals surface area contributed by atoms with Gasteiger partial charge in [0.25, 0.3) is 11.8 Å². The van der Waals surface area contributed by atoms with Crippen LogP contribution < -0.4 is 10.6 Å². The lowest BCUT2D eigenvalue weighted by atomic mass is 10.0. The Bertz CT molecular complexity index is 1010. The van der Waals surface area contributed by atoms with Crippen molar-refractivity contribution in [2.75, 3.05) is 11.9 Å². The van der Waals surface area contributed by atoms with Gasteiger partial charge in [0.05, 0.1) is 16.3 Å². The molecule has 0 fully saturated rings. The summed E-state index contributed by atoms with van der Waals surface area (Å²) in [5, 5.41) is 10.1. The fourth-order valence-electron chi connectivity index (χ4n) is 2.79. The van der Waals surface area contributed by atoms with Gasteiger partial charge in [-0.2, -0.15) is 0 Å². The van der Waals surface area contributed by atoms with Crippen LogP contribution in [0.3, 0.4) is 0 Å². The number of nitrogens with one attached hydrogen (secondary N) is 2. The molecule has 0 saturated carbocycles. The van der Waals surface area contributed by atoms with Gasteiger partial charge >= 0.3 is 0 Å². The Balaban J connectivity index is 1.93. The predicted octanol–water partition coefficient (Wildman–Crippen LogP) is 4.70. The van der Waals surface area contributed by atoms with E-state index in [4.69, 9.17) is 16.1 Å². The molecule has 1 heterocycles. The average Bonchev–Trinajstić information content (AvgIpc) is 3.08. The number of anilines is 1.